The lowest BCUT2D eigenvalue weighted by molar-refractivity contribution is -0.509. The Balaban J connectivity index is 0.00000182. The Morgan fingerprint density at radius 1 is 0.880 bits per heavy atom. The molecule has 0 radical (unpaired) electrons. The topological polar surface area (TPSA) is 94.2 Å². The Bertz CT molecular complexity index is 1140. The van der Waals surface area contributed by atoms with Crippen LogP contribution < -0.4 is 26.1 Å². The first-order valence-electron chi connectivity index (χ1n) is 7.22. The zero-order valence-corrected chi connectivity index (χ0v) is 14.6. The number of halogens is 1. The average molecular weight is 404 g/mol. The normalized spacial score (nSPS) is 10.9. The predicted octanol–water partition coefficient (Wildman–Crippen LogP) is -0.433. The molecule has 0 saturated heterocycles. The first-order valence-corrected chi connectivity index (χ1v) is 7.22. The summed E-state index contributed by atoms with van der Waals surface area (Å²) in [6.45, 7) is 0. The average Bonchev–Trinajstić information content (AvgIpc) is 2.58. The Morgan fingerprint density at radius 2 is 1.64 bits per heavy atom. The molecule has 0 amide bonds. The van der Waals surface area contributed by atoms with Gasteiger partial charge in [0.25, 0.3) is 0 Å². The second kappa shape index (κ2) is 5.86. The SMILES string of the molecule is COc1ccc2cc3c4c(O)c(O)cc(O)c4cc[n+]3cc2c1O.[Br-]. The van der Waals surface area contributed by atoms with E-state index in [0.29, 0.717) is 27.4 Å². The Morgan fingerprint density at radius 3 is 2.36 bits per heavy atom. The minimum atomic E-state index is -0.397. The van der Waals surface area contributed by atoms with E-state index < -0.39 is 5.75 Å². The standard InChI is InChI=1S/C18H13NO5.BrH/c1-24-15-3-2-9-6-12-16-10(13(20)7-14(21)18(16)23)4-5-19(12)8-11(9)17(15)22;/h2-8H,1H3,(H3,20,21,22,23);1H. The van der Waals surface area contributed by atoms with E-state index in [9.17, 15) is 20.4 Å². The van der Waals surface area contributed by atoms with Crippen LogP contribution in [-0.4, -0.2) is 27.5 Å². The van der Waals surface area contributed by atoms with Crippen molar-refractivity contribution < 1.29 is 46.5 Å². The van der Waals surface area contributed by atoms with Crippen LogP contribution in [-0.2, 0) is 0 Å². The fraction of sp³-hybridized carbons (Fsp3) is 0.0556. The van der Waals surface area contributed by atoms with Crippen molar-refractivity contribution >= 4 is 27.1 Å². The molecule has 4 aromatic rings. The highest BCUT2D eigenvalue weighted by molar-refractivity contribution is 6.05. The fourth-order valence-corrected chi connectivity index (χ4v) is 3.03. The van der Waals surface area contributed by atoms with Crippen molar-refractivity contribution in [3.8, 4) is 28.7 Å². The number of aromatic hydroxyl groups is 4. The molecule has 128 valence electrons. The van der Waals surface area contributed by atoms with E-state index >= 15 is 0 Å². The molecule has 0 atom stereocenters. The molecule has 0 fully saturated rings. The van der Waals surface area contributed by atoms with Crippen LogP contribution in [0.5, 0.6) is 28.7 Å². The van der Waals surface area contributed by atoms with Crippen molar-refractivity contribution in [3.05, 3.63) is 42.7 Å². The number of rotatable bonds is 1. The highest BCUT2D eigenvalue weighted by Crippen LogP contribution is 2.41. The van der Waals surface area contributed by atoms with E-state index in [0.717, 1.165) is 11.5 Å². The first kappa shape index (κ1) is 16.9. The van der Waals surface area contributed by atoms with Gasteiger partial charge in [-0.2, -0.15) is 4.40 Å². The van der Waals surface area contributed by atoms with Gasteiger partial charge < -0.3 is 42.1 Å². The number of benzene rings is 2. The van der Waals surface area contributed by atoms with E-state index in [1.165, 1.54) is 7.11 Å². The van der Waals surface area contributed by atoms with Crippen LogP contribution in [0.1, 0.15) is 0 Å². The summed E-state index contributed by atoms with van der Waals surface area (Å²) in [7, 11) is 1.48. The number of pyridine rings is 2. The molecule has 2 aromatic carbocycles. The molecule has 0 saturated carbocycles. The second-order valence-corrected chi connectivity index (χ2v) is 5.55. The Labute approximate surface area is 152 Å². The summed E-state index contributed by atoms with van der Waals surface area (Å²) in [4.78, 5) is 0. The van der Waals surface area contributed by atoms with Crippen LogP contribution >= 0.6 is 0 Å². The highest BCUT2D eigenvalue weighted by atomic mass is 79.9. The predicted molar refractivity (Wildman–Crippen MR) is 87.8 cm³/mol. The first-order chi connectivity index (χ1) is 11.5. The maximum Gasteiger partial charge on any atom is 0.223 e. The van der Waals surface area contributed by atoms with E-state index in [1.807, 2.05) is 0 Å². The Hall–Kier alpha value is -2.93. The third kappa shape index (κ3) is 2.35. The number of aromatic nitrogens is 1. The maximum atomic E-state index is 10.3. The third-order valence-electron chi connectivity index (χ3n) is 4.23. The van der Waals surface area contributed by atoms with E-state index in [-0.39, 0.29) is 34.2 Å². The van der Waals surface area contributed by atoms with E-state index in [4.69, 9.17) is 4.74 Å². The molecule has 6 nitrogen and oxygen atoms in total. The van der Waals surface area contributed by atoms with Crippen LogP contribution in [0, 0.1) is 0 Å². The lowest BCUT2D eigenvalue weighted by Gasteiger charge is -2.08. The minimum Gasteiger partial charge on any atom is -1.00 e. The number of phenols is 4. The summed E-state index contributed by atoms with van der Waals surface area (Å²) in [6.07, 6.45) is 3.40. The lowest BCUT2D eigenvalue weighted by Crippen LogP contribution is -3.00. The van der Waals surface area contributed by atoms with Gasteiger partial charge in [-0.1, -0.05) is 0 Å². The van der Waals surface area contributed by atoms with Gasteiger partial charge in [0.15, 0.2) is 35.4 Å². The molecule has 0 bridgehead atoms. The molecule has 2 aromatic heterocycles. The van der Waals surface area contributed by atoms with E-state index in [1.54, 1.807) is 41.1 Å². The highest BCUT2D eigenvalue weighted by Gasteiger charge is 2.20. The number of fused-ring (bicyclic) bond motifs is 4. The number of hydrogen-bond acceptors (Lipinski definition) is 5. The molecule has 0 unspecified atom stereocenters. The van der Waals surface area contributed by atoms with Gasteiger partial charge in [-0.3, -0.25) is 0 Å². The fourth-order valence-electron chi connectivity index (χ4n) is 3.03. The van der Waals surface area contributed by atoms with Crippen LogP contribution in [0.3, 0.4) is 0 Å². The van der Waals surface area contributed by atoms with Crippen molar-refractivity contribution in [2.24, 2.45) is 0 Å². The van der Waals surface area contributed by atoms with Crippen molar-refractivity contribution in [3.63, 3.8) is 0 Å². The number of methoxy groups -OCH3 is 1. The van der Waals surface area contributed by atoms with Crippen molar-refractivity contribution in [2.75, 3.05) is 7.11 Å². The molecule has 0 spiro atoms. The number of hydrogen-bond donors (Lipinski definition) is 4. The molecule has 4 N–H and O–H groups in total. The molecule has 0 aliphatic carbocycles. The zero-order valence-electron chi connectivity index (χ0n) is 13.1. The quantitative estimate of drug-likeness (QED) is 0.114. The zero-order chi connectivity index (χ0) is 17.0. The lowest BCUT2D eigenvalue weighted by atomic mass is 10.0. The summed E-state index contributed by atoms with van der Waals surface area (Å²) in [5.74, 6) is -0.446. The van der Waals surface area contributed by atoms with Gasteiger partial charge in [0, 0.05) is 23.6 Å². The third-order valence-corrected chi connectivity index (χ3v) is 4.23. The summed E-state index contributed by atoms with van der Waals surface area (Å²) in [5, 5.41) is 42.4. The monoisotopic (exact) mass is 403 g/mol. The Kier molecular flexibility index (Phi) is 3.96. The van der Waals surface area contributed by atoms with E-state index in [2.05, 4.69) is 0 Å². The molecule has 0 aliphatic heterocycles. The van der Waals surface area contributed by atoms with Crippen LogP contribution in [0.4, 0.5) is 0 Å². The van der Waals surface area contributed by atoms with Crippen molar-refractivity contribution in [1.82, 2.24) is 0 Å². The largest absolute Gasteiger partial charge is 1.00 e. The second-order valence-electron chi connectivity index (χ2n) is 5.55. The van der Waals surface area contributed by atoms with Crippen molar-refractivity contribution in [1.29, 1.82) is 0 Å². The number of phenolic OH excluding ortho intramolecular Hbond substituents is 4. The molecular formula is C18H14BrNO5. The van der Waals surface area contributed by atoms with Gasteiger partial charge in [0.05, 0.1) is 12.5 Å². The van der Waals surface area contributed by atoms with Gasteiger partial charge in [-0.25, -0.2) is 0 Å². The number of nitrogens with zero attached hydrogens (tertiary/aromatic N) is 1. The van der Waals surface area contributed by atoms with Crippen LogP contribution in [0.15, 0.2) is 42.7 Å². The molecule has 0 aliphatic rings. The van der Waals surface area contributed by atoms with Gasteiger partial charge >= 0.3 is 0 Å². The summed E-state index contributed by atoms with van der Waals surface area (Å²) < 4.78 is 6.82. The molecule has 7 heteroatoms. The van der Waals surface area contributed by atoms with Gasteiger partial charge in [0.1, 0.15) is 11.1 Å². The van der Waals surface area contributed by atoms with Crippen molar-refractivity contribution in [2.45, 2.75) is 0 Å². The van der Waals surface area contributed by atoms with Crippen LogP contribution in [0.2, 0.25) is 0 Å². The van der Waals surface area contributed by atoms with Gasteiger partial charge in [-0.15, -0.1) is 0 Å². The smallest absolute Gasteiger partial charge is 0.223 e. The summed E-state index contributed by atoms with van der Waals surface area (Å²) >= 11 is 0. The van der Waals surface area contributed by atoms with Gasteiger partial charge in [-0.05, 0) is 17.5 Å². The van der Waals surface area contributed by atoms with Gasteiger partial charge in [0.2, 0.25) is 5.52 Å². The molecule has 4 rings (SSSR count). The summed E-state index contributed by atoms with van der Waals surface area (Å²) in [5.41, 5.74) is 0.577. The maximum absolute atomic E-state index is 10.3. The van der Waals surface area contributed by atoms with Crippen LogP contribution in [0.25, 0.3) is 27.1 Å². The molecule has 2 heterocycles. The molecular weight excluding hydrogens is 390 g/mol. The minimum absolute atomic E-state index is 0. The number of ether oxygens (including phenoxy) is 1. The molecule has 25 heavy (non-hydrogen) atoms. The summed E-state index contributed by atoms with van der Waals surface area (Å²) in [6, 6.07) is 7.92.